The summed E-state index contributed by atoms with van der Waals surface area (Å²) in [5.41, 5.74) is 7.71. The molecule has 1 aromatic heterocycles. The zero-order valence-electron chi connectivity index (χ0n) is 8.46. The highest BCUT2D eigenvalue weighted by molar-refractivity contribution is 7.15. The number of nitrogens with two attached hydrogens (primary N) is 1. The maximum atomic E-state index is 6.20. The van der Waals surface area contributed by atoms with E-state index in [-0.39, 0.29) is 0 Å². The van der Waals surface area contributed by atoms with Gasteiger partial charge in [-0.15, -0.1) is 11.3 Å². The Morgan fingerprint density at radius 1 is 1.27 bits per heavy atom. The molecule has 0 radical (unpaired) electrons. The third-order valence-electron chi connectivity index (χ3n) is 2.28. The SMILES string of the molecule is Cc1ccc(-c2ccc(CN)cc2Cl)s1. The van der Waals surface area contributed by atoms with Gasteiger partial charge in [-0.1, -0.05) is 23.7 Å². The fraction of sp³-hybridized carbons (Fsp3) is 0.167. The molecule has 0 fully saturated rings. The van der Waals surface area contributed by atoms with Crippen molar-refractivity contribution in [3.63, 3.8) is 0 Å². The van der Waals surface area contributed by atoms with Gasteiger partial charge in [0, 0.05) is 26.9 Å². The molecule has 0 saturated heterocycles. The van der Waals surface area contributed by atoms with Gasteiger partial charge in [-0.25, -0.2) is 0 Å². The number of benzene rings is 1. The molecule has 0 unspecified atom stereocenters. The van der Waals surface area contributed by atoms with Crippen molar-refractivity contribution < 1.29 is 0 Å². The summed E-state index contributed by atoms with van der Waals surface area (Å²) < 4.78 is 0. The zero-order chi connectivity index (χ0) is 10.8. The second-order valence-electron chi connectivity index (χ2n) is 3.43. The number of rotatable bonds is 2. The van der Waals surface area contributed by atoms with Crippen LogP contribution < -0.4 is 5.73 Å². The fourth-order valence-corrected chi connectivity index (χ4v) is 2.73. The Hall–Kier alpha value is -0.830. The summed E-state index contributed by atoms with van der Waals surface area (Å²) in [7, 11) is 0. The normalized spacial score (nSPS) is 10.6. The lowest BCUT2D eigenvalue weighted by Crippen LogP contribution is -1.95. The van der Waals surface area contributed by atoms with Crippen LogP contribution in [0.25, 0.3) is 10.4 Å². The highest BCUT2D eigenvalue weighted by atomic mass is 35.5. The molecule has 15 heavy (non-hydrogen) atoms. The highest BCUT2D eigenvalue weighted by Crippen LogP contribution is 2.33. The Bertz CT molecular complexity index is 476. The molecule has 0 bridgehead atoms. The fourth-order valence-electron chi connectivity index (χ4n) is 1.46. The first-order chi connectivity index (χ1) is 7.20. The first kappa shape index (κ1) is 10.7. The van der Waals surface area contributed by atoms with Crippen molar-refractivity contribution in [2.45, 2.75) is 13.5 Å². The molecule has 0 amide bonds. The minimum absolute atomic E-state index is 0.531. The van der Waals surface area contributed by atoms with E-state index in [0.717, 1.165) is 16.1 Å². The van der Waals surface area contributed by atoms with Gasteiger partial charge in [0.05, 0.1) is 0 Å². The predicted octanol–water partition coefficient (Wildman–Crippen LogP) is 3.84. The van der Waals surface area contributed by atoms with Crippen LogP contribution in [0.2, 0.25) is 5.02 Å². The van der Waals surface area contributed by atoms with Crippen LogP contribution in [0.3, 0.4) is 0 Å². The van der Waals surface area contributed by atoms with Crippen LogP contribution in [0.5, 0.6) is 0 Å². The van der Waals surface area contributed by atoms with Crippen molar-refractivity contribution in [2.24, 2.45) is 5.73 Å². The Labute approximate surface area is 98.5 Å². The average molecular weight is 238 g/mol. The zero-order valence-corrected chi connectivity index (χ0v) is 10.0. The van der Waals surface area contributed by atoms with Gasteiger partial charge >= 0.3 is 0 Å². The highest BCUT2D eigenvalue weighted by Gasteiger charge is 2.05. The van der Waals surface area contributed by atoms with Crippen molar-refractivity contribution in [3.05, 3.63) is 45.8 Å². The van der Waals surface area contributed by atoms with Gasteiger partial charge in [0.15, 0.2) is 0 Å². The van der Waals surface area contributed by atoms with Gasteiger partial charge in [-0.2, -0.15) is 0 Å². The summed E-state index contributed by atoms with van der Waals surface area (Å²) in [6.07, 6.45) is 0. The molecular formula is C12H12ClNS. The second-order valence-corrected chi connectivity index (χ2v) is 5.12. The van der Waals surface area contributed by atoms with Crippen LogP contribution in [0, 0.1) is 6.92 Å². The molecule has 2 rings (SSSR count). The average Bonchev–Trinajstić information content (AvgIpc) is 2.64. The Morgan fingerprint density at radius 2 is 2.07 bits per heavy atom. The molecule has 0 atom stereocenters. The van der Waals surface area contributed by atoms with Gasteiger partial charge in [0.2, 0.25) is 0 Å². The quantitative estimate of drug-likeness (QED) is 0.844. The maximum Gasteiger partial charge on any atom is 0.0495 e. The molecule has 0 spiro atoms. The number of hydrogen-bond acceptors (Lipinski definition) is 2. The van der Waals surface area contributed by atoms with Crippen molar-refractivity contribution in [3.8, 4) is 10.4 Å². The minimum atomic E-state index is 0.531. The molecule has 1 aromatic carbocycles. The third-order valence-corrected chi connectivity index (χ3v) is 3.62. The van der Waals surface area contributed by atoms with E-state index in [0.29, 0.717) is 6.54 Å². The molecule has 3 heteroatoms. The molecule has 0 saturated carbocycles. The first-order valence-electron chi connectivity index (χ1n) is 4.76. The van der Waals surface area contributed by atoms with Gasteiger partial charge in [-0.05, 0) is 30.7 Å². The minimum Gasteiger partial charge on any atom is -0.326 e. The number of halogens is 1. The van der Waals surface area contributed by atoms with Crippen LogP contribution in [-0.2, 0) is 6.54 Å². The molecular weight excluding hydrogens is 226 g/mol. The second kappa shape index (κ2) is 4.35. The largest absolute Gasteiger partial charge is 0.326 e. The van der Waals surface area contributed by atoms with Crippen molar-refractivity contribution in [1.29, 1.82) is 0 Å². The van der Waals surface area contributed by atoms with E-state index in [1.54, 1.807) is 11.3 Å². The molecule has 0 aliphatic rings. The topological polar surface area (TPSA) is 26.0 Å². The molecule has 2 aromatic rings. The summed E-state index contributed by atoms with van der Waals surface area (Å²) in [6.45, 7) is 2.62. The van der Waals surface area contributed by atoms with Crippen LogP contribution in [-0.4, -0.2) is 0 Å². The summed E-state index contributed by atoms with van der Waals surface area (Å²) >= 11 is 7.96. The van der Waals surface area contributed by atoms with E-state index < -0.39 is 0 Å². The van der Waals surface area contributed by atoms with E-state index >= 15 is 0 Å². The molecule has 0 aliphatic carbocycles. The lowest BCUT2D eigenvalue weighted by molar-refractivity contribution is 1.07. The number of hydrogen-bond donors (Lipinski definition) is 1. The molecule has 0 aliphatic heterocycles. The monoisotopic (exact) mass is 237 g/mol. The van der Waals surface area contributed by atoms with E-state index in [1.165, 1.54) is 9.75 Å². The summed E-state index contributed by atoms with van der Waals surface area (Å²) in [4.78, 5) is 2.50. The molecule has 78 valence electrons. The van der Waals surface area contributed by atoms with Crippen LogP contribution in [0.4, 0.5) is 0 Å². The van der Waals surface area contributed by atoms with Crippen molar-refractivity contribution in [2.75, 3.05) is 0 Å². The van der Waals surface area contributed by atoms with E-state index in [4.69, 9.17) is 17.3 Å². The van der Waals surface area contributed by atoms with E-state index in [1.807, 2.05) is 18.2 Å². The summed E-state index contributed by atoms with van der Waals surface area (Å²) in [5.74, 6) is 0. The van der Waals surface area contributed by atoms with Gasteiger partial charge in [-0.3, -0.25) is 0 Å². The Morgan fingerprint density at radius 3 is 2.60 bits per heavy atom. The first-order valence-corrected chi connectivity index (χ1v) is 5.95. The van der Waals surface area contributed by atoms with E-state index in [9.17, 15) is 0 Å². The van der Waals surface area contributed by atoms with Crippen LogP contribution in [0.1, 0.15) is 10.4 Å². The van der Waals surface area contributed by atoms with E-state index in [2.05, 4.69) is 19.1 Å². The molecule has 1 nitrogen and oxygen atoms in total. The Kier molecular flexibility index (Phi) is 3.10. The third kappa shape index (κ3) is 2.23. The lowest BCUT2D eigenvalue weighted by Gasteiger charge is -2.03. The van der Waals surface area contributed by atoms with Gasteiger partial charge < -0.3 is 5.73 Å². The lowest BCUT2D eigenvalue weighted by atomic mass is 10.1. The standard InChI is InChI=1S/C12H12ClNS/c1-8-2-5-12(15-8)10-4-3-9(7-14)6-11(10)13/h2-6H,7,14H2,1H3. The Balaban J connectivity index is 2.45. The van der Waals surface area contributed by atoms with Crippen molar-refractivity contribution in [1.82, 2.24) is 0 Å². The van der Waals surface area contributed by atoms with Crippen LogP contribution >= 0.6 is 22.9 Å². The summed E-state index contributed by atoms with van der Waals surface area (Å²) in [6, 6.07) is 10.2. The van der Waals surface area contributed by atoms with Crippen LogP contribution in [0.15, 0.2) is 30.3 Å². The van der Waals surface area contributed by atoms with Gasteiger partial charge in [0.25, 0.3) is 0 Å². The number of thiophene rings is 1. The van der Waals surface area contributed by atoms with Crippen molar-refractivity contribution >= 4 is 22.9 Å². The maximum absolute atomic E-state index is 6.20. The van der Waals surface area contributed by atoms with Gasteiger partial charge in [0.1, 0.15) is 0 Å². The molecule has 2 N–H and O–H groups in total. The smallest absolute Gasteiger partial charge is 0.0495 e. The molecule has 1 heterocycles. The predicted molar refractivity (Wildman–Crippen MR) is 67.4 cm³/mol. The number of aryl methyl sites for hydroxylation is 1. The summed E-state index contributed by atoms with van der Waals surface area (Å²) in [5, 5.41) is 0.778.